The highest BCUT2D eigenvalue weighted by molar-refractivity contribution is 5.95. The summed E-state index contributed by atoms with van der Waals surface area (Å²) in [6, 6.07) is 3.19. The molecular weight excluding hydrogens is 154 g/mol. The zero-order valence-corrected chi connectivity index (χ0v) is 6.53. The number of ketones is 1. The summed E-state index contributed by atoms with van der Waals surface area (Å²) in [7, 11) is 0. The Hall–Kier alpha value is -1.22. The molecule has 0 aromatic carbocycles. The fourth-order valence-corrected chi connectivity index (χ4v) is 0.799. The monoisotopic (exact) mass is 167 g/mol. The standard InChI is InChI=1S/C9H11NO2/c11-6-2-4-9(12)8-3-1-5-10-7-8/h1,3,5,7,11H,2,4,6H2/i2D2. The first-order valence-electron chi connectivity index (χ1n) is 4.59. The Balaban J connectivity index is 2.69. The number of aliphatic hydroxyl groups is 1. The maximum Gasteiger partial charge on any atom is 0.164 e. The summed E-state index contributed by atoms with van der Waals surface area (Å²) in [5.74, 6) is -0.350. The second kappa shape index (κ2) is 4.62. The SMILES string of the molecule is [2H]C([2H])(CO)CC(=O)c1cccnc1. The van der Waals surface area contributed by atoms with Gasteiger partial charge in [0.2, 0.25) is 0 Å². The molecule has 0 aliphatic carbocycles. The number of aromatic nitrogens is 1. The first kappa shape index (κ1) is 6.31. The van der Waals surface area contributed by atoms with Gasteiger partial charge in [0.1, 0.15) is 0 Å². The summed E-state index contributed by atoms with van der Waals surface area (Å²) >= 11 is 0. The Morgan fingerprint density at radius 2 is 2.58 bits per heavy atom. The average Bonchev–Trinajstić information content (AvgIpc) is 2.19. The van der Waals surface area contributed by atoms with E-state index in [4.69, 9.17) is 7.85 Å². The molecule has 0 atom stereocenters. The minimum atomic E-state index is -1.85. The Bertz CT molecular complexity index is 314. The van der Waals surface area contributed by atoms with E-state index >= 15 is 0 Å². The molecule has 0 amide bonds. The van der Waals surface area contributed by atoms with Crippen molar-refractivity contribution < 1.29 is 12.6 Å². The Morgan fingerprint density at radius 1 is 1.75 bits per heavy atom. The molecule has 64 valence electrons. The third-order valence-corrected chi connectivity index (χ3v) is 1.38. The molecule has 1 heterocycles. The zero-order valence-electron chi connectivity index (χ0n) is 8.53. The quantitative estimate of drug-likeness (QED) is 0.681. The molecule has 3 nitrogen and oxygen atoms in total. The van der Waals surface area contributed by atoms with E-state index in [-0.39, 0.29) is 12.2 Å². The van der Waals surface area contributed by atoms with Crippen LogP contribution in [0.1, 0.15) is 25.9 Å². The van der Waals surface area contributed by atoms with Crippen LogP contribution in [0.15, 0.2) is 24.5 Å². The summed E-state index contributed by atoms with van der Waals surface area (Å²) < 4.78 is 14.5. The van der Waals surface area contributed by atoms with Crippen molar-refractivity contribution >= 4 is 5.78 Å². The number of carbonyl (C=O) groups excluding carboxylic acids is 1. The number of carbonyl (C=O) groups is 1. The minimum absolute atomic E-state index is 0.324. The number of rotatable bonds is 4. The highest BCUT2D eigenvalue weighted by Gasteiger charge is 2.03. The maximum absolute atomic E-state index is 11.4. The van der Waals surface area contributed by atoms with Crippen LogP contribution in [0.25, 0.3) is 0 Å². The smallest absolute Gasteiger partial charge is 0.164 e. The zero-order chi connectivity index (χ0) is 10.6. The molecule has 0 saturated carbocycles. The van der Waals surface area contributed by atoms with Crippen LogP contribution < -0.4 is 0 Å². The van der Waals surface area contributed by atoms with Gasteiger partial charge in [-0.3, -0.25) is 9.78 Å². The lowest BCUT2D eigenvalue weighted by atomic mass is 10.1. The van der Waals surface area contributed by atoms with Crippen molar-refractivity contribution in [3.05, 3.63) is 30.1 Å². The van der Waals surface area contributed by atoms with Crippen LogP contribution in [0.4, 0.5) is 0 Å². The van der Waals surface area contributed by atoms with Crippen LogP contribution in [-0.4, -0.2) is 22.5 Å². The Kier molecular flexibility index (Phi) is 2.43. The van der Waals surface area contributed by atoms with Gasteiger partial charge < -0.3 is 5.11 Å². The summed E-state index contributed by atoms with van der Waals surface area (Å²) in [5.41, 5.74) is 0.366. The van der Waals surface area contributed by atoms with Crippen molar-refractivity contribution in [3.63, 3.8) is 0 Å². The van der Waals surface area contributed by atoms with Crippen LogP contribution in [-0.2, 0) is 0 Å². The molecule has 1 aromatic heterocycles. The second-order valence-corrected chi connectivity index (χ2v) is 2.25. The lowest BCUT2D eigenvalue weighted by Crippen LogP contribution is -2.00. The highest BCUT2D eigenvalue weighted by atomic mass is 16.3. The van der Waals surface area contributed by atoms with E-state index in [2.05, 4.69) is 4.98 Å². The molecule has 0 fully saturated rings. The maximum atomic E-state index is 11.4. The molecule has 0 aliphatic rings. The van der Waals surface area contributed by atoms with Gasteiger partial charge in [-0.1, -0.05) is 0 Å². The van der Waals surface area contributed by atoms with Crippen molar-refractivity contribution in [1.29, 1.82) is 0 Å². The van der Waals surface area contributed by atoms with Gasteiger partial charge in [-0.15, -0.1) is 0 Å². The minimum Gasteiger partial charge on any atom is -0.396 e. The molecule has 1 rings (SSSR count). The number of hydrogen-bond acceptors (Lipinski definition) is 3. The fourth-order valence-electron chi connectivity index (χ4n) is 0.799. The van der Waals surface area contributed by atoms with E-state index in [1.807, 2.05) is 0 Å². The largest absolute Gasteiger partial charge is 0.396 e. The molecule has 0 unspecified atom stereocenters. The van der Waals surface area contributed by atoms with Crippen LogP contribution in [0.2, 0.25) is 0 Å². The molecule has 1 N–H and O–H groups in total. The Morgan fingerprint density at radius 3 is 3.17 bits per heavy atom. The molecule has 1 aromatic rings. The summed E-state index contributed by atoms with van der Waals surface area (Å²) in [5, 5.41) is 8.65. The summed E-state index contributed by atoms with van der Waals surface area (Å²) in [4.78, 5) is 15.2. The number of Topliss-reactive ketones (excluding diaryl/α,β-unsaturated/α-hetero) is 1. The van der Waals surface area contributed by atoms with Crippen LogP contribution in [0.5, 0.6) is 0 Å². The first-order valence-corrected chi connectivity index (χ1v) is 3.59. The molecule has 0 saturated heterocycles. The summed E-state index contributed by atoms with van der Waals surface area (Å²) in [6.45, 7) is -0.654. The molecule has 3 heteroatoms. The number of nitrogens with zero attached hydrogens (tertiary/aromatic N) is 1. The summed E-state index contributed by atoms with van der Waals surface area (Å²) in [6.07, 6.45) is 0.745. The van der Waals surface area contributed by atoms with Gasteiger partial charge in [0.05, 0.1) is 0 Å². The Labute approximate surface area is 73.9 Å². The van der Waals surface area contributed by atoms with E-state index in [9.17, 15) is 4.79 Å². The van der Waals surface area contributed by atoms with E-state index in [1.165, 1.54) is 12.4 Å². The predicted octanol–water partition coefficient (Wildman–Crippen LogP) is 1.04. The topological polar surface area (TPSA) is 50.2 Å². The molecule has 0 aliphatic heterocycles. The van der Waals surface area contributed by atoms with Gasteiger partial charge in [0.25, 0.3) is 0 Å². The third kappa shape index (κ3) is 2.43. The molecular formula is C9H11NO2. The highest BCUT2D eigenvalue weighted by Crippen LogP contribution is 2.02. The number of hydrogen-bond donors (Lipinski definition) is 1. The van der Waals surface area contributed by atoms with E-state index < -0.39 is 13.0 Å². The van der Waals surface area contributed by atoms with Gasteiger partial charge in [-0.05, 0) is 18.5 Å². The number of pyridine rings is 1. The van der Waals surface area contributed by atoms with Crippen molar-refractivity contribution in [3.8, 4) is 0 Å². The molecule has 12 heavy (non-hydrogen) atoms. The normalized spacial score (nSPS) is 13.4. The molecule has 0 spiro atoms. The van der Waals surface area contributed by atoms with Crippen LogP contribution >= 0.6 is 0 Å². The van der Waals surface area contributed by atoms with Crippen molar-refractivity contribution in [2.75, 3.05) is 6.61 Å². The second-order valence-electron chi connectivity index (χ2n) is 2.25. The molecule has 0 bridgehead atoms. The van der Waals surface area contributed by atoms with Gasteiger partial charge in [-0.2, -0.15) is 0 Å². The van der Waals surface area contributed by atoms with Crippen LogP contribution in [0, 0.1) is 0 Å². The fraction of sp³-hybridized carbons (Fsp3) is 0.333. The van der Waals surface area contributed by atoms with E-state index in [0.29, 0.717) is 5.56 Å². The van der Waals surface area contributed by atoms with Gasteiger partial charge >= 0.3 is 0 Å². The molecule has 0 radical (unpaired) electrons. The van der Waals surface area contributed by atoms with Crippen molar-refractivity contribution in [2.24, 2.45) is 0 Å². The number of aliphatic hydroxyl groups excluding tert-OH is 1. The predicted molar refractivity (Wildman–Crippen MR) is 44.9 cm³/mol. The third-order valence-electron chi connectivity index (χ3n) is 1.38. The van der Waals surface area contributed by atoms with Crippen molar-refractivity contribution in [1.82, 2.24) is 4.98 Å². The van der Waals surface area contributed by atoms with E-state index in [0.717, 1.165) is 0 Å². The lowest BCUT2D eigenvalue weighted by Gasteiger charge is -1.97. The van der Waals surface area contributed by atoms with Crippen LogP contribution in [0.3, 0.4) is 0 Å². The van der Waals surface area contributed by atoms with Gasteiger partial charge in [0.15, 0.2) is 5.78 Å². The van der Waals surface area contributed by atoms with E-state index in [1.54, 1.807) is 12.1 Å². The lowest BCUT2D eigenvalue weighted by molar-refractivity contribution is 0.0971. The first-order chi connectivity index (χ1) is 6.55. The van der Waals surface area contributed by atoms with Gasteiger partial charge in [0, 0.05) is 33.7 Å². The van der Waals surface area contributed by atoms with Crippen molar-refractivity contribution in [2.45, 2.75) is 12.8 Å². The average molecular weight is 167 g/mol. The van der Waals surface area contributed by atoms with Gasteiger partial charge in [-0.25, -0.2) is 0 Å².